The number of aromatic amines is 1. The molecule has 1 heterocycles. The van der Waals surface area contributed by atoms with Gasteiger partial charge in [-0.3, -0.25) is 19.7 Å². The zero-order chi connectivity index (χ0) is 14.7. The number of benzene rings is 1. The molecule has 0 aliphatic heterocycles. The summed E-state index contributed by atoms with van der Waals surface area (Å²) in [6.07, 6.45) is 2.64. The van der Waals surface area contributed by atoms with Crippen LogP contribution in [-0.4, -0.2) is 15.8 Å². The van der Waals surface area contributed by atoms with Crippen molar-refractivity contribution in [3.05, 3.63) is 68.1 Å². The van der Waals surface area contributed by atoms with Gasteiger partial charge in [0.05, 0.1) is 4.92 Å². The summed E-state index contributed by atoms with van der Waals surface area (Å²) in [4.78, 5) is 36.4. The Labute approximate surface area is 113 Å². The Bertz CT molecular complexity index is 736. The molecule has 0 atom stereocenters. The summed E-state index contributed by atoms with van der Waals surface area (Å²) in [5, 5.41) is 13.3. The van der Waals surface area contributed by atoms with Crippen LogP contribution in [-0.2, 0) is 0 Å². The first-order valence-electron chi connectivity index (χ1n) is 5.72. The number of carbonyl (C=O) groups excluding carboxylic acids is 1. The molecule has 0 saturated heterocycles. The molecule has 102 valence electrons. The molecule has 0 radical (unpaired) electrons. The fraction of sp³-hybridized carbons (Fsp3) is 0.0769. The number of carbonyl (C=O) groups is 1. The average molecular weight is 273 g/mol. The molecule has 0 spiro atoms. The van der Waals surface area contributed by atoms with E-state index in [-0.39, 0.29) is 16.9 Å². The Morgan fingerprint density at radius 2 is 2.10 bits per heavy atom. The van der Waals surface area contributed by atoms with Gasteiger partial charge >= 0.3 is 0 Å². The Morgan fingerprint density at radius 3 is 2.75 bits per heavy atom. The van der Waals surface area contributed by atoms with Gasteiger partial charge < -0.3 is 10.3 Å². The Morgan fingerprint density at radius 1 is 1.35 bits per heavy atom. The van der Waals surface area contributed by atoms with Crippen LogP contribution in [0.2, 0.25) is 0 Å². The molecule has 2 aromatic rings. The van der Waals surface area contributed by atoms with E-state index in [1.165, 1.54) is 30.6 Å². The fourth-order valence-corrected chi connectivity index (χ4v) is 1.68. The molecule has 0 aliphatic rings. The van der Waals surface area contributed by atoms with Gasteiger partial charge in [0.1, 0.15) is 11.3 Å². The van der Waals surface area contributed by atoms with E-state index < -0.39 is 16.3 Å². The van der Waals surface area contributed by atoms with Gasteiger partial charge in [-0.25, -0.2) is 0 Å². The standard InChI is InChI=1S/C13H11N3O4/c1-8-2-3-10(11(6-8)16(19)20)15-13(18)9-7-14-5-4-12(9)17/h2-7H,1H3,(H,14,17)(H,15,18). The lowest BCUT2D eigenvalue weighted by Gasteiger charge is -2.06. The summed E-state index contributed by atoms with van der Waals surface area (Å²) in [5.41, 5.74) is -0.0368. The van der Waals surface area contributed by atoms with Crippen molar-refractivity contribution in [2.75, 3.05) is 5.32 Å². The van der Waals surface area contributed by atoms with Gasteiger partial charge in [-0.15, -0.1) is 0 Å². The van der Waals surface area contributed by atoms with Gasteiger partial charge in [0.2, 0.25) is 0 Å². The van der Waals surface area contributed by atoms with Gasteiger partial charge in [-0.2, -0.15) is 0 Å². The Hall–Kier alpha value is -2.96. The van der Waals surface area contributed by atoms with E-state index in [0.29, 0.717) is 5.56 Å². The fourth-order valence-electron chi connectivity index (χ4n) is 1.68. The number of nitro benzene ring substituents is 1. The quantitative estimate of drug-likeness (QED) is 0.657. The maximum Gasteiger partial charge on any atom is 0.293 e. The summed E-state index contributed by atoms with van der Waals surface area (Å²) < 4.78 is 0. The monoisotopic (exact) mass is 273 g/mol. The number of amides is 1. The summed E-state index contributed by atoms with van der Waals surface area (Å²) in [5.74, 6) is -0.696. The molecule has 7 nitrogen and oxygen atoms in total. The molecule has 1 aromatic heterocycles. The van der Waals surface area contributed by atoms with Crippen molar-refractivity contribution >= 4 is 17.3 Å². The van der Waals surface area contributed by atoms with Crippen molar-refractivity contribution < 1.29 is 9.72 Å². The molecule has 20 heavy (non-hydrogen) atoms. The van der Waals surface area contributed by atoms with Crippen molar-refractivity contribution in [2.45, 2.75) is 6.92 Å². The van der Waals surface area contributed by atoms with E-state index in [1.807, 2.05) is 0 Å². The second-order valence-electron chi connectivity index (χ2n) is 4.15. The number of pyridine rings is 1. The van der Waals surface area contributed by atoms with Crippen molar-refractivity contribution in [3.8, 4) is 0 Å². The van der Waals surface area contributed by atoms with Crippen LogP contribution in [0.5, 0.6) is 0 Å². The molecular formula is C13H11N3O4. The first-order chi connectivity index (χ1) is 9.49. The molecule has 0 unspecified atom stereocenters. The number of H-pyrrole nitrogens is 1. The van der Waals surface area contributed by atoms with Crippen LogP contribution in [0.3, 0.4) is 0 Å². The van der Waals surface area contributed by atoms with Crippen LogP contribution in [0.4, 0.5) is 11.4 Å². The zero-order valence-corrected chi connectivity index (χ0v) is 10.5. The summed E-state index contributed by atoms with van der Waals surface area (Å²) in [7, 11) is 0. The number of aryl methyl sites for hydroxylation is 1. The van der Waals surface area contributed by atoms with Crippen molar-refractivity contribution in [3.63, 3.8) is 0 Å². The SMILES string of the molecule is Cc1ccc(NC(=O)c2c[nH]ccc2=O)c([N+](=O)[O-])c1. The third-order valence-electron chi connectivity index (χ3n) is 2.67. The summed E-state index contributed by atoms with van der Waals surface area (Å²) >= 11 is 0. The van der Waals surface area contributed by atoms with Crippen LogP contribution in [0, 0.1) is 17.0 Å². The predicted molar refractivity (Wildman–Crippen MR) is 72.8 cm³/mol. The smallest absolute Gasteiger partial charge is 0.293 e. The van der Waals surface area contributed by atoms with Crippen LogP contribution >= 0.6 is 0 Å². The predicted octanol–water partition coefficient (Wildman–Crippen LogP) is 1.84. The van der Waals surface area contributed by atoms with E-state index in [2.05, 4.69) is 10.3 Å². The number of anilines is 1. The number of nitrogens with zero attached hydrogens (tertiary/aromatic N) is 1. The third kappa shape index (κ3) is 2.72. The first-order valence-corrected chi connectivity index (χ1v) is 5.72. The molecule has 1 aromatic carbocycles. The second kappa shape index (κ2) is 5.35. The van der Waals surface area contributed by atoms with Gasteiger partial charge in [-0.05, 0) is 18.6 Å². The molecule has 2 N–H and O–H groups in total. The number of nitro groups is 1. The molecule has 0 aliphatic carbocycles. The second-order valence-corrected chi connectivity index (χ2v) is 4.15. The van der Waals surface area contributed by atoms with Gasteiger partial charge in [0, 0.05) is 24.5 Å². The van der Waals surface area contributed by atoms with Gasteiger partial charge in [0.25, 0.3) is 11.6 Å². The van der Waals surface area contributed by atoms with E-state index >= 15 is 0 Å². The normalized spacial score (nSPS) is 10.1. The molecule has 1 amide bonds. The number of aromatic nitrogens is 1. The van der Waals surface area contributed by atoms with Crippen LogP contribution in [0.15, 0.2) is 41.5 Å². The Balaban J connectivity index is 2.36. The largest absolute Gasteiger partial charge is 0.367 e. The van der Waals surface area contributed by atoms with Crippen LogP contribution < -0.4 is 10.7 Å². The van der Waals surface area contributed by atoms with Crippen LogP contribution in [0.25, 0.3) is 0 Å². The van der Waals surface area contributed by atoms with E-state index in [0.717, 1.165) is 0 Å². The zero-order valence-electron chi connectivity index (χ0n) is 10.5. The summed E-state index contributed by atoms with van der Waals surface area (Å²) in [6.45, 7) is 1.71. The molecule has 0 fully saturated rings. The minimum absolute atomic E-state index is 0.0499. The van der Waals surface area contributed by atoms with Crippen LogP contribution in [0.1, 0.15) is 15.9 Å². The topological polar surface area (TPSA) is 105 Å². The lowest BCUT2D eigenvalue weighted by atomic mass is 10.2. The molecular weight excluding hydrogens is 262 g/mol. The molecule has 0 saturated carbocycles. The van der Waals surface area contributed by atoms with E-state index in [1.54, 1.807) is 13.0 Å². The molecule has 0 bridgehead atoms. The Kier molecular flexibility index (Phi) is 3.60. The van der Waals surface area contributed by atoms with Crippen molar-refractivity contribution in [1.29, 1.82) is 0 Å². The van der Waals surface area contributed by atoms with E-state index in [9.17, 15) is 19.7 Å². The highest BCUT2D eigenvalue weighted by Gasteiger charge is 2.17. The highest BCUT2D eigenvalue weighted by atomic mass is 16.6. The first kappa shape index (κ1) is 13.5. The molecule has 2 rings (SSSR count). The lowest BCUT2D eigenvalue weighted by molar-refractivity contribution is -0.384. The number of nitrogens with one attached hydrogen (secondary N) is 2. The highest BCUT2D eigenvalue weighted by Crippen LogP contribution is 2.25. The van der Waals surface area contributed by atoms with Gasteiger partial charge in [0.15, 0.2) is 5.43 Å². The summed E-state index contributed by atoms with van der Waals surface area (Å²) in [6, 6.07) is 5.63. The highest BCUT2D eigenvalue weighted by molar-refractivity contribution is 6.05. The minimum Gasteiger partial charge on any atom is -0.367 e. The van der Waals surface area contributed by atoms with E-state index in [4.69, 9.17) is 0 Å². The van der Waals surface area contributed by atoms with Crippen molar-refractivity contribution in [2.24, 2.45) is 0 Å². The maximum atomic E-state index is 11.9. The molecule has 7 heteroatoms. The number of rotatable bonds is 3. The average Bonchev–Trinajstić information content (AvgIpc) is 2.41. The lowest BCUT2D eigenvalue weighted by Crippen LogP contribution is -2.21. The van der Waals surface area contributed by atoms with Crippen molar-refractivity contribution in [1.82, 2.24) is 4.98 Å². The number of hydrogen-bond acceptors (Lipinski definition) is 4. The van der Waals surface area contributed by atoms with Gasteiger partial charge in [-0.1, -0.05) is 6.07 Å². The number of hydrogen-bond donors (Lipinski definition) is 2. The minimum atomic E-state index is -0.696. The maximum absolute atomic E-state index is 11.9. The third-order valence-corrected chi connectivity index (χ3v) is 2.67.